The van der Waals surface area contributed by atoms with E-state index in [1.54, 1.807) is 17.2 Å². The van der Waals surface area contributed by atoms with Crippen molar-refractivity contribution >= 4 is 28.5 Å². The maximum absolute atomic E-state index is 5.86. The maximum atomic E-state index is 5.86. The lowest BCUT2D eigenvalue weighted by Crippen LogP contribution is -2.34. The molecule has 6 heteroatoms. The van der Waals surface area contributed by atoms with E-state index in [0.717, 1.165) is 29.7 Å². The molecule has 2 aromatic rings. The predicted molar refractivity (Wildman–Crippen MR) is 74.0 cm³/mol. The smallest absolute Gasteiger partial charge is 0.163 e. The fraction of sp³-hybridized carbons (Fsp3) is 0.583. The number of rotatable bonds is 5. The van der Waals surface area contributed by atoms with Gasteiger partial charge >= 0.3 is 0 Å². The average molecular weight is 268 g/mol. The summed E-state index contributed by atoms with van der Waals surface area (Å²) >= 11 is 5.86. The number of aromatic nitrogens is 4. The fourth-order valence-electron chi connectivity index (χ4n) is 1.88. The second kappa shape index (κ2) is 5.10. The minimum Gasteiger partial charge on any atom is -0.364 e. The Hall–Kier alpha value is -1.36. The van der Waals surface area contributed by atoms with Crippen molar-refractivity contribution in [3.05, 3.63) is 12.5 Å². The Morgan fingerprint density at radius 3 is 2.89 bits per heavy atom. The standard InChI is InChI=1S/C12H18ClN5/c1-4-12(2,5-6-13)17-10-9-7-16-18(3)11(9)15-8-14-10/h7-8H,4-6H2,1-3H3,(H,14,15,17). The number of aryl methyl sites for hydroxylation is 1. The van der Waals surface area contributed by atoms with Gasteiger partial charge in [0.25, 0.3) is 0 Å². The number of fused-ring (bicyclic) bond motifs is 1. The lowest BCUT2D eigenvalue weighted by atomic mass is 9.95. The monoisotopic (exact) mass is 267 g/mol. The summed E-state index contributed by atoms with van der Waals surface area (Å²) < 4.78 is 1.74. The van der Waals surface area contributed by atoms with E-state index in [1.807, 2.05) is 7.05 Å². The van der Waals surface area contributed by atoms with Gasteiger partial charge in [0.15, 0.2) is 5.65 Å². The summed E-state index contributed by atoms with van der Waals surface area (Å²) in [6.07, 6.45) is 5.21. The fourth-order valence-corrected chi connectivity index (χ4v) is 2.30. The van der Waals surface area contributed by atoms with Crippen LogP contribution in [-0.2, 0) is 7.05 Å². The number of nitrogens with one attached hydrogen (secondary N) is 1. The number of hydrogen-bond donors (Lipinski definition) is 1. The lowest BCUT2D eigenvalue weighted by molar-refractivity contribution is 0.480. The molecule has 0 spiro atoms. The first-order valence-electron chi connectivity index (χ1n) is 6.06. The molecule has 2 aromatic heterocycles. The van der Waals surface area contributed by atoms with Gasteiger partial charge in [-0.1, -0.05) is 6.92 Å². The SMILES string of the molecule is CCC(C)(CCCl)Nc1ncnc2c1cnn2C. The third-order valence-corrected chi connectivity index (χ3v) is 3.57. The molecule has 5 nitrogen and oxygen atoms in total. The highest BCUT2D eigenvalue weighted by Gasteiger charge is 2.23. The van der Waals surface area contributed by atoms with Gasteiger partial charge in [-0.25, -0.2) is 9.97 Å². The second-order valence-electron chi connectivity index (χ2n) is 4.71. The van der Waals surface area contributed by atoms with E-state index in [0.29, 0.717) is 5.88 Å². The van der Waals surface area contributed by atoms with E-state index in [9.17, 15) is 0 Å². The van der Waals surface area contributed by atoms with Crippen LogP contribution in [0.15, 0.2) is 12.5 Å². The highest BCUT2D eigenvalue weighted by atomic mass is 35.5. The van der Waals surface area contributed by atoms with Crippen molar-refractivity contribution in [2.45, 2.75) is 32.2 Å². The number of hydrogen-bond acceptors (Lipinski definition) is 4. The number of alkyl halides is 1. The van der Waals surface area contributed by atoms with Crippen molar-refractivity contribution < 1.29 is 0 Å². The van der Waals surface area contributed by atoms with Crippen LogP contribution in [0.2, 0.25) is 0 Å². The van der Waals surface area contributed by atoms with E-state index >= 15 is 0 Å². The zero-order chi connectivity index (χ0) is 13.2. The van der Waals surface area contributed by atoms with Crippen LogP contribution in [-0.4, -0.2) is 31.2 Å². The average Bonchev–Trinajstić information content (AvgIpc) is 2.73. The van der Waals surface area contributed by atoms with Gasteiger partial charge in [0.05, 0.1) is 11.6 Å². The number of halogens is 1. The Balaban J connectivity index is 2.36. The molecule has 1 unspecified atom stereocenters. The van der Waals surface area contributed by atoms with Gasteiger partial charge in [-0.3, -0.25) is 4.68 Å². The second-order valence-corrected chi connectivity index (χ2v) is 5.08. The van der Waals surface area contributed by atoms with Crippen LogP contribution in [0.25, 0.3) is 11.0 Å². The molecule has 0 radical (unpaired) electrons. The van der Waals surface area contributed by atoms with E-state index in [2.05, 4.69) is 34.2 Å². The van der Waals surface area contributed by atoms with E-state index in [1.165, 1.54) is 0 Å². The first-order valence-corrected chi connectivity index (χ1v) is 6.60. The predicted octanol–water partition coefficient (Wildman–Crippen LogP) is 2.57. The van der Waals surface area contributed by atoms with Crippen molar-refractivity contribution in [2.75, 3.05) is 11.2 Å². The summed E-state index contributed by atoms with van der Waals surface area (Å²) in [5.41, 5.74) is 0.774. The van der Waals surface area contributed by atoms with Gasteiger partial charge in [-0.2, -0.15) is 5.10 Å². The van der Waals surface area contributed by atoms with Gasteiger partial charge in [-0.05, 0) is 19.8 Å². The lowest BCUT2D eigenvalue weighted by Gasteiger charge is -2.29. The Morgan fingerprint density at radius 1 is 1.44 bits per heavy atom. The van der Waals surface area contributed by atoms with Crippen LogP contribution in [0, 0.1) is 0 Å². The van der Waals surface area contributed by atoms with Crippen molar-refractivity contribution in [3.63, 3.8) is 0 Å². The highest BCUT2D eigenvalue weighted by Crippen LogP contribution is 2.25. The Morgan fingerprint density at radius 2 is 2.22 bits per heavy atom. The van der Waals surface area contributed by atoms with Crippen molar-refractivity contribution in [1.82, 2.24) is 19.7 Å². The van der Waals surface area contributed by atoms with Crippen molar-refractivity contribution in [3.8, 4) is 0 Å². The topological polar surface area (TPSA) is 55.6 Å². The van der Waals surface area contributed by atoms with Crippen molar-refractivity contribution in [1.29, 1.82) is 0 Å². The Bertz CT molecular complexity index is 538. The van der Waals surface area contributed by atoms with E-state index in [4.69, 9.17) is 11.6 Å². The van der Waals surface area contributed by atoms with E-state index < -0.39 is 0 Å². The number of anilines is 1. The van der Waals surface area contributed by atoms with Gasteiger partial charge in [-0.15, -0.1) is 11.6 Å². The molecule has 0 bridgehead atoms. The zero-order valence-electron chi connectivity index (χ0n) is 10.9. The van der Waals surface area contributed by atoms with Crippen LogP contribution < -0.4 is 5.32 Å². The molecule has 0 saturated heterocycles. The van der Waals surface area contributed by atoms with Gasteiger partial charge in [0.1, 0.15) is 12.1 Å². The Labute approximate surface area is 112 Å². The molecule has 0 amide bonds. The zero-order valence-corrected chi connectivity index (χ0v) is 11.7. The third-order valence-electron chi connectivity index (χ3n) is 3.38. The molecule has 0 fully saturated rings. The summed E-state index contributed by atoms with van der Waals surface area (Å²) in [7, 11) is 1.87. The molecule has 0 saturated carbocycles. The summed E-state index contributed by atoms with van der Waals surface area (Å²) in [6, 6.07) is 0. The molecule has 0 aliphatic rings. The molecule has 1 atom stereocenters. The molecule has 18 heavy (non-hydrogen) atoms. The summed E-state index contributed by atoms with van der Waals surface area (Å²) in [5, 5.41) is 8.62. The molecule has 98 valence electrons. The quantitative estimate of drug-likeness (QED) is 0.846. The maximum Gasteiger partial charge on any atom is 0.163 e. The molecule has 2 heterocycles. The normalized spacial score (nSPS) is 14.7. The first-order chi connectivity index (χ1) is 8.59. The van der Waals surface area contributed by atoms with Crippen LogP contribution in [0.1, 0.15) is 26.7 Å². The minimum absolute atomic E-state index is 0.0567. The van der Waals surface area contributed by atoms with Crippen molar-refractivity contribution in [2.24, 2.45) is 7.05 Å². The van der Waals surface area contributed by atoms with Gasteiger partial charge < -0.3 is 5.32 Å². The molecular weight excluding hydrogens is 250 g/mol. The molecular formula is C12H18ClN5. The van der Waals surface area contributed by atoms with Crippen LogP contribution >= 0.6 is 11.6 Å². The molecule has 0 aliphatic heterocycles. The molecule has 0 aliphatic carbocycles. The summed E-state index contributed by atoms with van der Waals surface area (Å²) in [4.78, 5) is 8.54. The number of nitrogens with zero attached hydrogens (tertiary/aromatic N) is 4. The highest BCUT2D eigenvalue weighted by molar-refractivity contribution is 6.17. The molecule has 1 N–H and O–H groups in total. The third kappa shape index (κ3) is 2.41. The summed E-state index contributed by atoms with van der Waals surface area (Å²) in [6.45, 7) is 4.29. The van der Waals surface area contributed by atoms with Crippen LogP contribution in [0.5, 0.6) is 0 Å². The van der Waals surface area contributed by atoms with Crippen LogP contribution in [0.4, 0.5) is 5.82 Å². The van der Waals surface area contributed by atoms with Gasteiger partial charge in [0.2, 0.25) is 0 Å². The molecule has 0 aromatic carbocycles. The largest absolute Gasteiger partial charge is 0.364 e. The summed E-state index contributed by atoms with van der Waals surface area (Å²) in [5.74, 6) is 1.45. The molecule has 2 rings (SSSR count). The Kier molecular flexibility index (Phi) is 3.71. The minimum atomic E-state index is -0.0567. The first kappa shape index (κ1) is 13.1. The van der Waals surface area contributed by atoms with Gasteiger partial charge in [0, 0.05) is 18.5 Å². The van der Waals surface area contributed by atoms with Crippen LogP contribution in [0.3, 0.4) is 0 Å². The van der Waals surface area contributed by atoms with E-state index in [-0.39, 0.29) is 5.54 Å².